The van der Waals surface area contributed by atoms with Crippen LogP contribution >= 0.6 is 0 Å². The van der Waals surface area contributed by atoms with Gasteiger partial charge in [-0.25, -0.2) is 9.97 Å². The van der Waals surface area contributed by atoms with Crippen LogP contribution in [0.3, 0.4) is 0 Å². The van der Waals surface area contributed by atoms with Crippen molar-refractivity contribution in [2.24, 2.45) is 7.05 Å². The number of carboxylic acid groups (broad SMARTS) is 1. The smallest absolute Gasteiger partial charge is 0.162 e. The second-order valence-corrected chi connectivity index (χ2v) is 2.92. The van der Waals surface area contributed by atoms with E-state index in [1.54, 1.807) is 19.3 Å². The number of rotatable bonds is 2. The van der Waals surface area contributed by atoms with Crippen molar-refractivity contribution in [2.75, 3.05) is 0 Å². The lowest BCUT2D eigenvalue weighted by atomic mass is 10.2. The van der Waals surface area contributed by atoms with Crippen LogP contribution in [-0.2, 0) is 7.05 Å². The molecule has 0 bridgehead atoms. The van der Waals surface area contributed by atoms with Crippen molar-refractivity contribution < 1.29 is 9.90 Å². The molecule has 6 nitrogen and oxygen atoms in total. The lowest BCUT2D eigenvalue weighted by Crippen LogP contribution is -2.23. The topological polar surface area (TPSA) is 83.7 Å². The molecule has 0 aliphatic rings. The summed E-state index contributed by atoms with van der Waals surface area (Å²) in [6.07, 6.45) is 4.61. The average molecular weight is 203 g/mol. The Kier molecular flexibility index (Phi) is 2.17. The summed E-state index contributed by atoms with van der Waals surface area (Å²) in [5.41, 5.74) is 0.210. The summed E-state index contributed by atoms with van der Waals surface area (Å²) in [7, 11) is 1.62. The van der Waals surface area contributed by atoms with Gasteiger partial charge in [-0.05, 0) is 6.07 Å². The molecule has 0 aliphatic carbocycles. The van der Waals surface area contributed by atoms with E-state index in [1.165, 1.54) is 17.1 Å². The van der Waals surface area contributed by atoms with Crippen LogP contribution < -0.4 is 5.11 Å². The van der Waals surface area contributed by atoms with Gasteiger partial charge in [0.05, 0.1) is 11.5 Å². The molecule has 0 N–H and O–H groups in total. The zero-order valence-electron chi connectivity index (χ0n) is 7.91. The summed E-state index contributed by atoms with van der Waals surface area (Å²) in [5.74, 6) is -1.01. The van der Waals surface area contributed by atoms with Crippen molar-refractivity contribution in [2.45, 2.75) is 0 Å². The molecule has 2 aromatic heterocycles. The number of carbonyl (C=O) groups is 1. The van der Waals surface area contributed by atoms with Gasteiger partial charge in [-0.15, -0.1) is 0 Å². The average Bonchev–Trinajstić information content (AvgIpc) is 2.62. The van der Waals surface area contributed by atoms with Crippen molar-refractivity contribution in [3.8, 4) is 11.4 Å². The molecule has 15 heavy (non-hydrogen) atoms. The molecule has 0 unspecified atom stereocenters. The molecule has 2 aromatic rings. The van der Waals surface area contributed by atoms with Crippen molar-refractivity contribution >= 4 is 5.97 Å². The standard InChI is InChI=1S/C9H8N4O2/c1-13-5-6(7(12-13)9(14)15)8-10-3-2-4-11-8/h2-5H,1H3,(H,14,15)/p-1. The van der Waals surface area contributed by atoms with Crippen LogP contribution in [0, 0.1) is 0 Å². The van der Waals surface area contributed by atoms with E-state index in [-0.39, 0.29) is 5.69 Å². The molecule has 0 radical (unpaired) electrons. The zero-order valence-corrected chi connectivity index (χ0v) is 7.91. The minimum Gasteiger partial charge on any atom is -0.543 e. The first kappa shape index (κ1) is 9.32. The highest BCUT2D eigenvalue weighted by molar-refractivity contribution is 5.91. The van der Waals surface area contributed by atoms with Crippen LogP contribution in [0.15, 0.2) is 24.7 Å². The highest BCUT2D eigenvalue weighted by atomic mass is 16.4. The van der Waals surface area contributed by atoms with Gasteiger partial charge in [-0.3, -0.25) is 4.68 Å². The molecule has 0 atom stereocenters. The van der Waals surface area contributed by atoms with E-state index in [4.69, 9.17) is 0 Å². The highest BCUT2D eigenvalue weighted by Crippen LogP contribution is 2.17. The van der Waals surface area contributed by atoms with Crippen molar-refractivity contribution in [1.29, 1.82) is 0 Å². The van der Waals surface area contributed by atoms with Gasteiger partial charge in [0.15, 0.2) is 5.82 Å². The van der Waals surface area contributed by atoms with E-state index in [0.29, 0.717) is 11.4 Å². The molecule has 0 spiro atoms. The number of hydrogen-bond donors (Lipinski definition) is 0. The fraction of sp³-hybridized carbons (Fsp3) is 0.111. The Hall–Kier alpha value is -2.24. The number of hydrogen-bond acceptors (Lipinski definition) is 5. The number of aryl methyl sites for hydroxylation is 1. The lowest BCUT2D eigenvalue weighted by molar-refractivity contribution is -0.255. The number of aromatic carboxylic acids is 1. The summed E-state index contributed by atoms with van der Waals surface area (Å²) >= 11 is 0. The molecule has 0 aromatic carbocycles. The summed E-state index contributed by atoms with van der Waals surface area (Å²) in [6.45, 7) is 0. The Bertz CT molecular complexity index is 492. The highest BCUT2D eigenvalue weighted by Gasteiger charge is 2.12. The number of aromatic nitrogens is 4. The third kappa shape index (κ3) is 1.69. The molecule has 0 aliphatic heterocycles. The molecule has 0 saturated carbocycles. The number of carbonyl (C=O) groups excluding carboxylic acids is 1. The predicted molar refractivity (Wildman–Crippen MR) is 48.6 cm³/mol. The minimum atomic E-state index is -1.34. The second-order valence-electron chi connectivity index (χ2n) is 2.92. The largest absolute Gasteiger partial charge is 0.543 e. The van der Waals surface area contributed by atoms with Gasteiger partial charge >= 0.3 is 0 Å². The Balaban J connectivity index is 2.58. The Morgan fingerprint density at radius 1 is 1.40 bits per heavy atom. The van der Waals surface area contributed by atoms with Gasteiger partial charge in [0.1, 0.15) is 5.69 Å². The molecule has 2 heterocycles. The van der Waals surface area contributed by atoms with E-state index >= 15 is 0 Å². The van der Waals surface area contributed by atoms with Crippen LogP contribution in [0.2, 0.25) is 0 Å². The van der Waals surface area contributed by atoms with Crippen LogP contribution in [0.25, 0.3) is 11.4 Å². The van der Waals surface area contributed by atoms with Crippen molar-refractivity contribution in [3.05, 3.63) is 30.4 Å². The molecular formula is C9H7N4O2-. The van der Waals surface area contributed by atoms with Gasteiger partial charge < -0.3 is 9.90 Å². The van der Waals surface area contributed by atoms with Crippen LogP contribution in [-0.4, -0.2) is 25.7 Å². The van der Waals surface area contributed by atoms with E-state index in [2.05, 4.69) is 15.1 Å². The fourth-order valence-electron chi connectivity index (χ4n) is 1.24. The van der Waals surface area contributed by atoms with E-state index in [0.717, 1.165) is 0 Å². The second kappa shape index (κ2) is 3.49. The maximum atomic E-state index is 10.8. The summed E-state index contributed by atoms with van der Waals surface area (Å²) in [5, 5.41) is 14.5. The predicted octanol–water partition coefficient (Wildman–Crippen LogP) is -0.759. The molecule has 2 rings (SSSR count). The molecular weight excluding hydrogens is 196 g/mol. The monoisotopic (exact) mass is 203 g/mol. The van der Waals surface area contributed by atoms with E-state index in [9.17, 15) is 9.90 Å². The fourth-order valence-corrected chi connectivity index (χ4v) is 1.24. The maximum Gasteiger partial charge on any atom is 0.162 e. The SMILES string of the molecule is Cn1cc(-c2ncccn2)c(C(=O)[O-])n1. The number of nitrogens with zero attached hydrogens (tertiary/aromatic N) is 4. The first-order chi connectivity index (χ1) is 7.18. The van der Waals surface area contributed by atoms with E-state index < -0.39 is 5.97 Å². The molecule has 0 fully saturated rings. The Morgan fingerprint density at radius 2 is 2.07 bits per heavy atom. The van der Waals surface area contributed by atoms with Crippen molar-refractivity contribution in [1.82, 2.24) is 19.7 Å². The van der Waals surface area contributed by atoms with Crippen molar-refractivity contribution in [3.63, 3.8) is 0 Å². The normalized spacial score (nSPS) is 10.2. The van der Waals surface area contributed by atoms with Crippen LogP contribution in [0.5, 0.6) is 0 Å². The van der Waals surface area contributed by atoms with Gasteiger partial charge in [-0.2, -0.15) is 5.10 Å². The van der Waals surface area contributed by atoms with Gasteiger partial charge in [0, 0.05) is 25.6 Å². The zero-order chi connectivity index (χ0) is 10.8. The van der Waals surface area contributed by atoms with Gasteiger partial charge in [0.25, 0.3) is 0 Å². The summed E-state index contributed by atoms with van der Waals surface area (Å²) in [4.78, 5) is 18.7. The molecule has 0 amide bonds. The Morgan fingerprint density at radius 3 is 2.67 bits per heavy atom. The van der Waals surface area contributed by atoms with Crippen LogP contribution in [0.1, 0.15) is 10.5 Å². The molecule has 0 saturated heterocycles. The number of carboxylic acids is 1. The quantitative estimate of drug-likeness (QED) is 0.640. The third-order valence-electron chi connectivity index (χ3n) is 1.83. The summed E-state index contributed by atoms with van der Waals surface area (Å²) in [6, 6.07) is 1.65. The first-order valence-electron chi connectivity index (χ1n) is 4.21. The van der Waals surface area contributed by atoms with Gasteiger partial charge in [-0.1, -0.05) is 0 Å². The molecule has 6 heteroatoms. The van der Waals surface area contributed by atoms with Crippen LogP contribution in [0.4, 0.5) is 0 Å². The molecule has 76 valence electrons. The maximum absolute atomic E-state index is 10.8. The van der Waals surface area contributed by atoms with Gasteiger partial charge in [0.2, 0.25) is 0 Å². The first-order valence-corrected chi connectivity index (χ1v) is 4.21. The van der Waals surface area contributed by atoms with E-state index in [1.807, 2.05) is 0 Å². The lowest BCUT2D eigenvalue weighted by Gasteiger charge is -2.00. The Labute approximate surface area is 85.2 Å². The third-order valence-corrected chi connectivity index (χ3v) is 1.83. The minimum absolute atomic E-state index is 0.149. The summed E-state index contributed by atoms with van der Waals surface area (Å²) < 4.78 is 1.39.